The molecule has 0 spiro atoms. The number of carbonyl (C=O) groups is 2. The van der Waals surface area contributed by atoms with Crippen molar-refractivity contribution in [2.45, 2.75) is 19.6 Å². The predicted molar refractivity (Wildman–Crippen MR) is 108 cm³/mol. The zero-order valence-corrected chi connectivity index (χ0v) is 16.8. The molecule has 0 saturated heterocycles. The minimum atomic E-state index is -0.692. The van der Waals surface area contributed by atoms with Gasteiger partial charge in [0.15, 0.2) is 5.82 Å². The lowest BCUT2D eigenvalue weighted by atomic mass is 10.1. The van der Waals surface area contributed by atoms with Crippen LogP contribution < -0.4 is 10.6 Å². The molecule has 1 aliphatic rings. The first kappa shape index (κ1) is 19.6. The van der Waals surface area contributed by atoms with Gasteiger partial charge in [0.2, 0.25) is 0 Å². The van der Waals surface area contributed by atoms with Crippen LogP contribution in [0.2, 0.25) is 5.15 Å². The van der Waals surface area contributed by atoms with Gasteiger partial charge in [-0.15, -0.1) is 5.10 Å². The lowest BCUT2D eigenvalue weighted by molar-refractivity contribution is 0.121. The molecule has 3 aromatic rings. The topological polar surface area (TPSA) is 120 Å². The summed E-state index contributed by atoms with van der Waals surface area (Å²) in [4.78, 5) is 27.8. The summed E-state index contributed by atoms with van der Waals surface area (Å²) in [5.41, 5.74) is 3.18. The quantitative estimate of drug-likeness (QED) is 0.604. The van der Waals surface area contributed by atoms with Crippen molar-refractivity contribution in [3.8, 4) is 11.3 Å². The number of fused-ring (bicyclic) bond motifs is 1. The number of anilines is 2. The van der Waals surface area contributed by atoms with Gasteiger partial charge in [0.05, 0.1) is 5.69 Å². The van der Waals surface area contributed by atoms with Crippen LogP contribution in [0.4, 0.5) is 21.1 Å². The molecule has 2 N–H and O–H groups in total. The Labute approximate surface area is 176 Å². The van der Waals surface area contributed by atoms with Crippen molar-refractivity contribution >= 4 is 35.3 Å². The minimum absolute atomic E-state index is 0.142. The van der Waals surface area contributed by atoms with Crippen LogP contribution in [0.15, 0.2) is 36.5 Å². The van der Waals surface area contributed by atoms with Gasteiger partial charge in [0, 0.05) is 29.9 Å². The van der Waals surface area contributed by atoms with Gasteiger partial charge in [-0.2, -0.15) is 0 Å². The number of nitrogens with zero attached hydrogens (tertiary/aromatic N) is 4. The van der Waals surface area contributed by atoms with Crippen LogP contribution >= 0.6 is 11.6 Å². The second-order valence-electron chi connectivity index (χ2n) is 6.54. The number of pyridine rings is 1. The summed E-state index contributed by atoms with van der Waals surface area (Å²) in [5.74, 6) is 0.352. The molecule has 0 radical (unpaired) electrons. The number of aromatic nitrogens is 4. The number of halogens is 1. The zero-order valence-electron chi connectivity index (χ0n) is 16.0. The third-order valence-corrected chi connectivity index (χ3v) is 4.85. The number of aryl methyl sites for hydroxylation is 1. The van der Waals surface area contributed by atoms with Crippen molar-refractivity contribution in [3.63, 3.8) is 0 Å². The van der Waals surface area contributed by atoms with Crippen molar-refractivity contribution in [3.05, 3.63) is 52.8 Å². The number of nitrogens with one attached hydrogen (secondary N) is 2. The summed E-state index contributed by atoms with van der Waals surface area (Å²) in [5, 5.41) is 13.7. The number of cyclic esters (lactones) is 1. The van der Waals surface area contributed by atoms with E-state index in [-0.39, 0.29) is 11.8 Å². The number of benzene rings is 1. The van der Waals surface area contributed by atoms with E-state index in [4.69, 9.17) is 21.1 Å². The smallest absolute Gasteiger partial charge is 0.413 e. The number of carbonyl (C=O) groups excluding carboxylic acids is 2. The molecular formula is C19H17ClN6O4. The summed E-state index contributed by atoms with van der Waals surface area (Å²) in [6.07, 6.45) is -0.244. The van der Waals surface area contributed by atoms with Gasteiger partial charge >= 0.3 is 12.2 Å². The van der Waals surface area contributed by atoms with Crippen LogP contribution in [0.3, 0.4) is 0 Å². The SMILES string of the molecule is C[C@@H](OC(=O)Nc1c(-c2ccc3c(c2)COC(=O)N3)nnn1C)c1cccnc1Cl. The summed E-state index contributed by atoms with van der Waals surface area (Å²) in [6.45, 7) is 1.84. The maximum atomic E-state index is 12.5. The van der Waals surface area contributed by atoms with E-state index in [9.17, 15) is 9.59 Å². The highest BCUT2D eigenvalue weighted by molar-refractivity contribution is 6.30. The van der Waals surface area contributed by atoms with Gasteiger partial charge < -0.3 is 9.47 Å². The molecule has 154 valence electrons. The Balaban J connectivity index is 1.54. The number of hydrogen-bond acceptors (Lipinski definition) is 7. The van der Waals surface area contributed by atoms with Crippen LogP contribution in [0.1, 0.15) is 24.2 Å². The molecule has 1 atom stereocenters. The van der Waals surface area contributed by atoms with E-state index in [1.807, 2.05) is 6.07 Å². The van der Waals surface area contributed by atoms with Gasteiger partial charge in [0.25, 0.3) is 0 Å². The van der Waals surface area contributed by atoms with Crippen molar-refractivity contribution in [2.24, 2.45) is 7.05 Å². The zero-order chi connectivity index (χ0) is 21.3. The van der Waals surface area contributed by atoms with Gasteiger partial charge in [-0.25, -0.2) is 19.3 Å². The second kappa shape index (κ2) is 7.99. The standard InChI is InChI=1S/C19H17ClN6O4/c1-10(13-4-3-7-21-16(13)20)30-19(28)23-17-15(24-25-26(17)2)11-5-6-14-12(8-11)9-29-18(27)22-14/h3-8,10H,9H2,1-2H3,(H,22,27)(H,23,28)/t10-/m1/s1. The Bertz CT molecular complexity index is 1130. The van der Waals surface area contributed by atoms with Crippen LogP contribution in [-0.4, -0.2) is 32.2 Å². The lowest BCUT2D eigenvalue weighted by Gasteiger charge is -2.18. The first-order chi connectivity index (χ1) is 14.4. The molecule has 4 rings (SSSR count). The number of hydrogen-bond donors (Lipinski definition) is 2. The molecule has 1 aliphatic heterocycles. The molecule has 0 fully saturated rings. The maximum absolute atomic E-state index is 12.5. The highest BCUT2D eigenvalue weighted by Gasteiger charge is 2.22. The van der Waals surface area contributed by atoms with E-state index in [0.29, 0.717) is 28.3 Å². The molecule has 0 unspecified atom stereocenters. The third kappa shape index (κ3) is 3.90. The highest BCUT2D eigenvalue weighted by Crippen LogP contribution is 2.31. The average molecular weight is 429 g/mol. The van der Waals surface area contributed by atoms with E-state index in [1.165, 1.54) is 4.68 Å². The largest absolute Gasteiger partial charge is 0.444 e. The van der Waals surface area contributed by atoms with Gasteiger partial charge in [-0.05, 0) is 25.1 Å². The normalized spacial score (nSPS) is 13.6. The molecule has 2 aromatic heterocycles. The van der Waals surface area contributed by atoms with Crippen molar-refractivity contribution in [1.82, 2.24) is 20.0 Å². The first-order valence-corrected chi connectivity index (χ1v) is 9.35. The van der Waals surface area contributed by atoms with Crippen molar-refractivity contribution in [2.75, 3.05) is 10.6 Å². The van der Waals surface area contributed by atoms with E-state index < -0.39 is 18.3 Å². The Morgan fingerprint density at radius 1 is 1.40 bits per heavy atom. The fraction of sp³-hybridized carbons (Fsp3) is 0.211. The average Bonchev–Trinajstić information content (AvgIpc) is 3.08. The summed E-state index contributed by atoms with van der Waals surface area (Å²) >= 11 is 6.06. The molecule has 0 bridgehead atoms. The van der Waals surface area contributed by atoms with Gasteiger partial charge in [-0.3, -0.25) is 10.6 Å². The molecule has 2 amide bonds. The van der Waals surface area contributed by atoms with E-state index in [0.717, 1.165) is 5.56 Å². The fourth-order valence-corrected chi connectivity index (χ4v) is 3.29. The van der Waals surface area contributed by atoms with E-state index in [2.05, 4.69) is 25.9 Å². The number of amides is 2. The van der Waals surface area contributed by atoms with Crippen LogP contribution in [0, 0.1) is 0 Å². The van der Waals surface area contributed by atoms with Gasteiger partial charge in [0.1, 0.15) is 23.6 Å². The number of ether oxygens (including phenoxy) is 2. The number of rotatable bonds is 4. The molecule has 0 aliphatic carbocycles. The van der Waals surface area contributed by atoms with Crippen LogP contribution in [0.5, 0.6) is 0 Å². The molecule has 0 saturated carbocycles. The van der Waals surface area contributed by atoms with Crippen molar-refractivity contribution in [1.29, 1.82) is 0 Å². The Morgan fingerprint density at radius 2 is 2.23 bits per heavy atom. The first-order valence-electron chi connectivity index (χ1n) is 8.97. The Hall–Kier alpha value is -3.66. The molecule has 3 heterocycles. The third-order valence-electron chi connectivity index (χ3n) is 4.53. The molecule has 30 heavy (non-hydrogen) atoms. The van der Waals surface area contributed by atoms with E-state index >= 15 is 0 Å². The fourth-order valence-electron chi connectivity index (χ4n) is 3.02. The Morgan fingerprint density at radius 3 is 3.03 bits per heavy atom. The highest BCUT2D eigenvalue weighted by atomic mass is 35.5. The monoisotopic (exact) mass is 428 g/mol. The molecule has 1 aromatic carbocycles. The van der Waals surface area contributed by atoms with Gasteiger partial charge in [-0.1, -0.05) is 28.9 Å². The molecule has 11 heteroatoms. The minimum Gasteiger partial charge on any atom is -0.444 e. The Kier molecular flexibility index (Phi) is 5.23. The van der Waals surface area contributed by atoms with Crippen LogP contribution in [0.25, 0.3) is 11.3 Å². The summed E-state index contributed by atoms with van der Waals surface area (Å²) in [6, 6.07) is 8.77. The molecular weight excluding hydrogens is 412 g/mol. The van der Waals surface area contributed by atoms with E-state index in [1.54, 1.807) is 44.4 Å². The summed E-state index contributed by atoms with van der Waals surface area (Å²) < 4.78 is 11.8. The predicted octanol–water partition coefficient (Wildman–Crippen LogP) is 3.90. The summed E-state index contributed by atoms with van der Waals surface area (Å²) in [7, 11) is 1.65. The second-order valence-corrected chi connectivity index (χ2v) is 6.90. The lowest BCUT2D eigenvalue weighted by Crippen LogP contribution is -2.20. The van der Waals surface area contributed by atoms with Crippen LogP contribution in [-0.2, 0) is 23.1 Å². The molecule has 10 nitrogen and oxygen atoms in total. The maximum Gasteiger partial charge on any atom is 0.413 e. The van der Waals surface area contributed by atoms with Crippen molar-refractivity contribution < 1.29 is 19.1 Å².